The van der Waals surface area contributed by atoms with Gasteiger partial charge < -0.3 is 4.74 Å². The quantitative estimate of drug-likeness (QED) is 0.469. The summed E-state index contributed by atoms with van der Waals surface area (Å²) in [4.78, 5) is 0. The lowest BCUT2D eigenvalue weighted by Crippen LogP contribution is -1.97. The van der Waals surface area contributed by atoms with E-state index in [2.05, 4.69) is 4.74 Å². The van der Waals surface area contributed by atoms with Gasteiger partial charge in [-0.25, -0.2) is 0 Å². The number of thiophene rings is 1. The summed E-state index contributed by atoms with van der Waals surface area (Å²) in [6.45, 7) is 0. The van der Waals surface area contributed by atoms with Crippen molar-refractivity contribution < 1.29 is 4.74 Å². The minimum atomic E-state index is 0.233. The third kappa shape index (κ3) is 1.29. The average molecular weight is 141 g/mol. The van der Waals surface area contributed by atoms with Crippen LogP contribution in [0.2, 0.25) is 0 Å². The van der Waals surface area contributed by atoms with Crippen LogP contribution in [0.15, 0.2) is 16.8 Å². The normalized spacial score (nSPS) is 9.00. The van der Waals surface area contributed by atoms with E-state index in [1.807, 2.05) is 16.8 Å². The molecule has 1 aromatic rings. The maximum atomic E-state index is 7.18. The highest BCUT2D eigenvalue weighted by atomic mass is 32.1. The van der Waals surface area contributed by atoms with E-state index in [4.69, 9.17) is 5.41 Å². The van der Waals surface area contributed by atoms with Gasteiger partial charge in [-0.15, -0.1) is 0 Å². The van der Waals surface area contributed by atoms with Gasteiger partial charge in [-0.1, -0.05) is 0 Å². The number of rotatable bonds is 1. The molecular formula is C6H7NOS. The van der Waals surface area contributed by atoms with Gasteiger partial charge in [-0.3, -0.25) is 5.41 Å². The molecule has 9 heavy (non-hydrogen) atoms. The molecule has 0 spiro atoms. The molecule has 0 aliphatic rings. The summed E-state index contributed by atoms with van der Waals surface area (Å²) >= 11 is 1.56. The molecule has 0 saturated carbocycles. The fourth-order valence-electron chi connectivity index (χ4n) is 0.512. The van der Waals surface area contributed by atoms with Gasteiger partial charge >= 0.3 is 0 Å². The minimum Gasteiger partial charge on any atom is -0.481 e. The van der Waals surface area contributed by atoms with Crippen molar-refractivity contribution in [2.75, 3.05) is 7.11 Å². The fourth-order valence-corrected chi connectivity index (χ4v) is 1.15. The molecule has 0 atom stereocenters. The first-order chi connectivity index (χ1) is 4.34. The van der Waals surface area contributed by atoms with Crippen molar-refractivity contribution in [1.82, 2.24) is 0 Å². The lowest BCUT2D eigenvalue weighted by atomic mass is 10.3. The van der Waals surface area contributed by atoms with Crippen LogP contribution in [-0.4, -0.2) is 13.0 Å². The van der Waals surface area contributed by atoms with Crippen molar-refractivity contribution in [3.05, 3.63) is 22.4 Å². The molecule has 0 saturated heterocycles. The van der Waals surface area contributed by atoms with E-state index in [1.54, 1.807) is 11.3 Å². The van der Waals surface area contributed by atoms with Gasteiger partial charge in [-0.2, -0.15) is 11.3 Å². The van der Waals surface area contributed by atoms with E-state index in [9.17, 15) is 0 Å². The van der Waals surface area contributed by atoms with E-state index in [0.29, 0.717) is 0 Å². The van der Waals surface area contributed by atoms with Crippen LogP contribution in [0.1, 0.15) is 5.56 Å². The summed E-state index contributed by atoms with van der Waals surface area (Å²) in [6, 6.07) is 1.86. The Morgan fingerprint density at radius 3 is 3.00 bits per heavy atom. The summed E-state index contributed by atoms with van der Waals surface area (Å²) in [5, 5.41) is 11.0. The van der Waals surface area contributed by atoms with Gasteiger partial charge in [0.05, 0.1) is 7.11 Å². The van der Waals surface area contributed by atoms with Crippen LogP contribution in [-0.2, 0) is 4.74 Å². The second-order valence-electron chi connectivity index (χ2n) is 1.55. The molecule has 1 heterocycles. The Morgan fingerprint density at radius 2 is 2.56 bits per heavy atom. The predicted octanol–water partition coefficient (Wildman–Crippen LogP) is 1.72. The van der Waals surface area contributed by atoms with Gasteiger partial charge in [0.2, 0.25) is 5.90 Å². The third-order valence-corrected chi connectivity index (χ3v) is 1.67. The molecule has 1 N–H and O–H groups in total. The Balaban J connectivity index is 2.77. The number of hydrogen-bond acceptors (Lipinski definition) is 3. The molecule has 2 nitrogen and oxygen atoms in total. The third-order valence-electron chi connectivity index (χ3n) is 0.987. The Morgan fingerprint density at radius 1 is 1.78 bits per heavy atom. The van der Waals surface area contributed by atoms with E-state index in [-0.39, 0.29) is 5.90 Å². The van der Waals surface area contributed by atoms with Crippen LogP contribution in [0.25, 0.3) is 0 Å². The smallest absolute Gasteiger partial charge is 0.213 e. The molecule has 0 unspecified atom stereocenters. The second-order valence-corrected chi connectivity index (χ2v) is 2.33. The van der Waals surface area contributed by atoms with Gasteiger partial charge in [0.15, 0.2) is 0 Å². The fraction of sp³-hybridized carbons (Fsp3) is 0.167. The molecule has 0 bridgehead atoms. The standard InChI is InChI=1S/C6H7NOS/c1-8-6(7)5-2-3-9-4-5/h2-4,7H,1H3. The van der Waals surface area contributed by atoms with Gasteiger partial charge in [0, 0.05) is 10.9 Å². The van der Waals surface area contributed by atoms with E-state index >= 15 is 0 Å². The zero-order valence-electron chi connectivity index (χ0n) is 5.05. The van der Waals surface area contributed by atoms with Crippen LogP contribution in [0.5, 0.6) is 0 Å². The Hall–Kier alpha value is -0.830. The molecule has 3 heteroatoms. The molecule has 1 aromatic heterocycles. The average Bonchev–Trinajstić information content (AvgIpc) is 2.37. The largest absolute Gasteiger partial charge is 0.481 e. The zero-order chi connectivity index (χ0) is 6.69. The van der Waals surface area contributed by atoms with Crippen molar-refractivity contribution in [2.24, 2.45) is 0 Å². The van der Waals surface area contributed by atoms with Crippen LogP contribution >= 0.6 is 11.3 Å². The summed E-state index contributed by atoms with van der Waals surface area (Å²) in [5.74, 6) is 0.233. The molecule has 0 amide bonds. The van der Waals surface area contributed by atoms with Gasteiger partial charge in [0.1, 0.15) is 0 Å². The first-order valence-electron chi connectivity index (χ1n) is 2.49. The Labute approximate surface area is 57.6 Å². The Kier molecular flexibility index (Phi) is 1.85. The summed E-state index contributed by atoms with van der Waals surface area (Å²) < 4.78 is 4.68. The van der Waals surface area contributed by atoms with Crippen molar-refractivity contribution >= 4 is 17.2 Å². The number of nitrogens with one attached hydrogen (secondary N) is 1. The molecule has 48 valence electrons. The molecule has 0 fully saturated rings. The molecule has 0 aromatic carbocycles. The van der Waals surface area contributed by atoms with Crippen LogP contribution < -0.4 is 0 Å². The van der Waals surface area contributed by atoms with Gasteiger partial charge in [-0.05, 0) is 11.4 Å². The SMILES string of the molecule is COC(=N)c1ccsc1. The predicted molar refractivity (Wildman–Crippen MR) is 38.2 cm³/mol. The highest BCUT2D eigenvalue weighted by Crippen LogP contribution is 2.05. The lowest BCUT2D eigenvalue weighted by molar-refractivity contribution is 0.401. The molecule has 0 radical (unpaired) electrons. The summed E-state index contributed by atoms with van der Waals surface area (Å²) in [6.07, 6.45) is 0. The first kappa shape index (κ1) is 6.29. The van der Waals surface area contributed by atoms with Crippen molar-refractivity contribution in [3.63, 3.8) is 0 Å². The van der Waals surface area contributed by atoms with Crippen molar-refractivity contribution in [1.29, 1.82) is 5.41 Å². The minimum absolute atomic E-state index is 0.233. The van der Waals surface area contributed by atoms with E-state index in [0.717, 1.165) is 5.56 Å². The number of hydrogen-bond donors (Lipinski definition) is 1. The summed E-state index contributed by atoms with van der Waals surface area (Å²) in [5.41, 5.74) is 0.850. The van der Waals surface area contributed by atoms with E-state index in [1.165, 1.54) is 7.11 Å². The maximum absolute atomic E-state index is 7.18. The Bertz CT molecular complexity index is 193. The number of methoxy groups -OCH3 is 1. The topological polar surface area (TPSA) is 33.1 Å². The van der Waals surface area contributed by atoms with Gasteiger partial charge in [0.25, 0.3) is 0 Å². The highest BCUT2D eigenvalue weighted by Gasteiger charge is 1.97. The van der Waals surface area contributed by atoms with Crippen LogP contribution in [0.3, 0.4) is 0 Å². The van der Waals surface area contributed by atoms with Crippen LogP contribution in [0, 0.1) is 5.41 Å². The van der Waals surface area contributed by atoms with E-state index < -0.39 is 0 Å². The lowest BCUT2D eigenvalue weighted by Gasteiger charge is -1.95. The zero-order valence-corrected chi connectivity index (χ0v) is 5.87. The van der Waals surface area contributed by atoms with Crippen molar-refractivity contribution in [2.45, 2.75) is 0 Å². The van der Waals surface area contributed by atoms with Crippen molar-refractivity contribution in [3.8, 4) is 0 Å². The molecule has 1 rings (SSSR count). The molecular weight excluding hydrogens is 134 g/mol. The number of ether oxygens (including phenoxy) is 1. The monoisotopic (exact) mass is 141 g/mol. The second kappa shape index (κ2) is 2.64. The highest BCUT2D eigenvalue weighted by molar-refractivity contribution is 7.08. The maximum Gasteiger partial charge on any atom is 0.213 e. The van der Waals surface area contributed by atoms with Crippen LogP contribution in [0.4, 0.5) is 0 Å². The first-order valence-corrected chi connectivity index (χ1v) is 3.44. The molecule has 0 aliphatic heterocycles. The molecule has 0 aliphatic carbocycles. The summed E-state index contributed by atoms with van der Waals surface area (Å²) in [7, 11) is 1.50.